The molecular weight excluding hydrogens is 281 g/mol. The topological polar surface area (TPSA) is 57.8 Å². The van der Waals surface area contributed by atoms with E-state index in [4.69, 9.17) is 11.6 Å². The van der Waals surface area contributed by atoms with E-state index in [1.165, 1.54) is 12.1 Å². The average molecular weight is 290 g/mol. The number of hydrogen-bond donors (Lipinski definition) is 2. The fraction of sp³-hybridized carbons (Fsp3) is 0. The number of para-hydroxylation sites is 2. The van der Waals surface area contributed by atoms with Gasteiger partial charge < -0.3 is 4.98 Å². The minimum atomic E-state index is -0.635. The molecule has 0 radical (unpaired) electrons. The Kier molecular flexibility index (Phi) is 3.12. The minimum Gasteiger partial charge on any atom is -0.324 e. The maximum Gasteiger partial charge on any atom is 0.258 e. The van der Waals surface area contributed by atoms with Crippen LogP contribution in [0.1, 0.15) is 10.4 Å². The van der Waals surface area contributed by atoms with Gasteiger partial charge in [0.05, 0.1) is 16.1 Å². The molecule has 0 bridgehead atoms. The zero-order valence-electron chi connectivity index (χ0n) is 10.2. The van der Waals surface area contributed by atoms with Crippen LogP contribution in [-0.2, 0) is 0 Å². The van der Waals surface area contributed by atoms with Crippen molar-refractivity contribution in [3.05, 3.63) is 58.9 Å². The number of nitrogens with one attached hydrogen (secondary N) is 2. The predicted octanol–water partition coefficient (Wildman–Crippen LogP) is 3.61. The summed E-state index contributed by atoms with van der Waals surface area (Å²) >= 11 is 5.57. The van der Waals surface area contributed by atoms with Crippen molar-refractivity contribution in [1.82, 2.24) is 9.97 Å². The van der Waals surface area contributed by atoms with E-state index in [0.717, 1.165) is 17.1 Å². The molecule has 1 heterocycles. The van der Waals surface area contributed by atoms with Gasteiger partial charge in [-0.05, 0) is 30.3 Å². The molecule has 0 spiro atoms. The van der Waals surface area contributed by atoms with E-state index in [1.54, 1.807) is 0 Å². The molecule has 3 rings (SSSR count). The van der Waals surface area contributed by atoms with Gasteiger partial charge >= 0.3 is 0 Å². The molecule has 4 nitrogen and oxygen atoms in total. The smallest absolute Gasteiger partial charge is 0.258 e. The van der Waals surface area contributed by atoms with E-state index in [9.17, 15) is 9.18 Å². The van der Waals surface area contributed by atoms with Crippen molar-refractivity contribution in [3.63, 3.8) is 0 Å². The van der Waals surface area contributed by atoms with Gasteiger partial charge in [-0.15, -0.1) is 0 Å². The van der Waals surface area contributed by atoms with Crippen molar-refractivity contribution in [2.45, 2.75) is 0 Å². The molecule has 3 aromatic rings. The highest BCUT2D eigenvalue weighted by atomic mass is 35.5. The van der Waals surface area contributed by atoms with Crippen LogP contribution in [0.5, 0.6) is 0 Å². The molecule has 1 amide bonds. The number of halogens is 2. The molecule has 6 heteroatoms. The zero-order valence-corrected chi connectivity index (χ0v) is 10.9. The number of anilines is 1. The van der Waals surface area contributed by atoms with Crippen LogP contribution in [0.3, 0.4) is 0 Å². The van der Waals surface area contributed by atoms with Crippen molar-refractivity contribution < 1.29 is 9.18 Å². The first-order valence-electron chi connectivity index (χ1n) is 5.84. The number of carbonyl (C=O) groups is 1. The second kappa shape index (κ2) is 4.94. The van der Waals surface area contributed by atoms with Crippen molar-refractivity contribution in [3.8, 4) is 0 Å². The number of H-pyrrole nitrogens is 1. The highest BCUT2D eigenvalue weighted by Gasteiger charge is 2.11. The van der Waals surface area contributed by atoms with E-state index in [2.05, 4.69) is 15.3 Å². The molecule has 0 aliphatic heterocycles. The molecule has 0 aliphatic rings. The van der Waals surface area contributed by atoms with Crippen molar-refractivity contribution >= 4 is 34.5 Å². The summed E-state index contributed by atoms with van der Waals surface area (Å²) in [5.41, 5.74) is 1.72. The fourth-order valence-electron chi connectivity index (χ4n) is 1.83. The van der Waals surface area contributed by atoms with Gasteiger partial charge in [-0.25, -0.2) is 9.37 Å². The molecule has 2 aromatic carbocycles. The van der Waals surface area contributed by atoms with Gasteiger partial charge in [0.2, 0.25) is 5.95 Å². The van der Waals surface area contributed by atoms with Crippen LogP contribution in [0.25, 0.3) is 11.0 Å². The number of benzene rings is 2. The molecule has 1 aromatic heterocycles. The Morgan fingerprint density at radius 1 is 1.25 bits per heavy atom. The third-order valence-electron chi connectivity index (χ3n) is 2.80. The number of nitrogens with zero attached hydrogens (tertiary/aromatic N) is 1. The number of fused-ring (bicyclic) bond motifs is 1. The van der Waals surface area contributed by atoms with E-state index in [0.29, 0.717) is 5.95 Å². The molecule has 100 valence electrons. The molecule has 0 unspecified atom stereocenters. The molecule has 0 fully saturated rings. The lowest BCUT2D eigenvalue weighted by Crippen LogP contribution is -2.13. The zero-order chi connectivity index (χ0) is 14.1. The quantitative estimate of drug-likeness (QED) is 0.757. The van der Waals surface area contributed by atoms with Crippen LogP contribution in [0.15, 0.2) is 42.5 Å². The Labute approximate surface area is 118 Å². The summed E-state index contributed by atoms with van der Waals surface area (Å²) in [5.74, 6) is -0.782. The molecule has 0 saturated carbocycles. The Bertz CT molecular complexity index is 767. The molecule has 2 N–H and O–H groups in total. The van der Waals surface area contributed by atoms with Gasteiger partial charge in [0.15, 0.2) is 0 Å². The summed E-state index contributed by atoms with van der Waals surface area (Å²) < 4.78 is 13.3. The molecule has 0 saturated heterocycles. The summed E-state index contributed by atoms with van der Waals surface area (Å²) in [7, 11) is 0. The number of rotatable bonds is 2. The maximum absolute atomic E-state index is 13.3. The van der Waals surface area contributed by atoms with Gasteiger partial charge in [0.25, 0.3) is 5.91 Å². The lowest BCUT2D eigenvalue weighted by molar-refractivity contribution is 0.102. The number of aromatic amines is 1. The van der Waals surface area contributed by atoms with E-state index < -0.39 is 11.7 Å². The Morgan fingerprint density at radius 2 is 2.05 bits per heavy atom. The summed E-state index contributed by atoms with van der Waals surface area (Å²) in [6, 6.07) is 11.3. The van der Waals surface area contributed by atoms with Gasteiger partial charge in [-0.3, -0.25) is 10.1 Å². The van der Waals surface area contributed by atoms with E-state index in [-0.39, 0.29) is 10.6 Å². The summed E-state index contributed by atoms with van der Waals surface area (Å²) in [4.78, 5) is 19.1. The molecule has 20 heavy (non-hydrogen) atoms. The Balaban J connectivity index is 1.86. The minimum absolute atomic E-state index is 0.0229. The highest BCUT2D eigenvalue weighted by molar-refractivity contribution is 6.30. The summed E-state index contributed by atoms with van der Waals surface area (Å²) in [5, 5.41) is 2.56. The molecule has 0 aliphatic carbocycles. The van der Waals surface area contributed by atoms with Crippen LogP contribution in [0.4, 0.5) is 10.3 Å². The lowest BCUT2D eigenvalue weighted by Gasteiger charge is -2.02. The van der Waals surface area contributed by atoms with Crippen LogP contribution in [0, 0.1) is 5.82 Å². The largest absolute Gasteiger partial charge is 0.324 e. The Morgan fingerprint density at radius 3 is 2.80 bits per heavy atom. The van der Waals surface area contributed by atoms with Crippen LogP contribution >= 0.6 is 11.6 Å². The van der Waals surface area contributed by atoms with Crippen molar-refractivity contribution in [2.24, 2.45) is 0 Å². The van der Waals surface area contributed by atoms with Gasteiger partial charge in [0.1, 0.15) is 5.82 Å². The fourth-order valence-corrected chi connectivity index (χ4v) is 1.95. The molecule has 0 atom stereocenters. The first-order chi connectivity index (χ1) is 9.63. The van der Waals surface area contributed by atoms with Crippen LogP contribution < -0.4 is 5.32 Å². The molecular formula is C14H9ClFN3O. The van der Waals surface area contributed by atoms with Crippen molar-refractivity contribution in [1.29, 1.82) is 0 Å². The number of hydrogen-bond acceptors (Lipinski definition) is 2. The van der Waals surface area contributed by atoms with Gasteiger partial charge in [-0.2, -0.15) is 0 Å². The number of imidazole rings is 1. The summed E-state index contributed by atoms with van der Waals surface area (Å²) in [6.45, 7) is 0. The van der Waals surface area contributed by atoms with Gasteiger partial charge in [-0.1, -0.05) is 23.7 Å². The van der Waals surface area contributed by atoms with Gasteiger partial charge in [0, 0.05) is 5.56 Å². The highest BCUT2D eigenvalue weighted by Crippen LogP contribution is 2.17. The first kappa shape index (κ1) is 12.6. The lowest BCUT2D eigenvalue weighted by atomic mass is 10.2. The SMILES string of the molecule is O=C(Nc1nc2ccccc2[nH]1)c1ccc(Cl)c(F)c1. The maximum atomic E-state index is 13.3. The number of carbonyl (C=O) groups excluding carboxylic acids is 1. The second-order valence-corrected chi connectivity index (χ2v) is 4.59. The monoisotopic (exact) mass is 289 g/mol. The van der Waals surface area contributed by atoms with E-state index in [1.807, 2.05) is 24.3 Å². The standard InChI is InChI=1S/C14H9ClFN3O/c15-9-6-5-8(7-10(9)16)13(20)19-14-17-11-3-1-2-4-12(11)18-14/h1-7H,(H2,17,18,19,20). The third-order valence-corrected chi connectivity index (χ3v) is 3.11. The van der Waals surface area contributed by atoms with Crippen molar-refractivity contribution in [2.75, 3.05) is 5.32 Å². The van der Waals surface area contributed by atoms with Crippen LogP contribution in [0.2, 0.25) is 5.02 Å². The summed E-state index contributed by atoms with van der Waals surface area (Å²) in [6.07, 6.45) is 0. The number of amides is 1. The first-order valence-corrected chi connectivity index (χ1v) is 6.22. The third kappa shape index (κ3) is 2.35. The predicted molar refractivity (Wildman–Crippen MR) is 75.5 cm³/mol. The second-order valence-electron chi connectivity index (χ2n) is 4.19. The van der Waals surface area contributed by atoms with Crippen LogP contribution in [-0.4, -0.2) is 15.9 Å². The van der Waals surface area contributed by atoms with E-state index >= 15 is 0 Å². The Hall–Kier alpha value is -2.40. The normalized spacial score (nSPS) is 10.7. The number of aromatic nitrogens is 2. The average Bonchev–Trinajstić information content (AvgIpc) is 2.83.